The van der Waals surface area contributed by atoms with Crippen LogP contribution >= 0.6 is 0 Å². The third kappa shape index (κ3) is 3.18. The first-order valence-electron chi connectivity index (χ1n) is 8.99. The number of piperidine rings is 1. The highest BCUT2D eigenvalue weighted by molar-refractivity contribution is 5.88. The largest absolute Gasteiger partial charge is 0.476 e. The molecule has 8 nitrogen and oxygen atoms in total. The topological polar surface area (TPSA) is 95.7 Å². The molecule has 4 rings (SSSR count). The normalized spacial score (nSPS) is 17.0. The second-order valence-corrected chi connectivity index (χ2v) is 6.81. The number of ketones is 1. The molecule has 0 saturated carbocycles. The monoisotopic (exact) mass is 368 g/mol. The Hall–Kier alpha value is -3.16. The van der Waals surface area contributed by atoms with E-state index in [1.165, 1.54) is 0 Å². The second-order valence-electron chi connectivity index (χ2n) is 6.81. The lowest BCUT2D eigenvalue weighted by atomic mass is 10.0. The molecule has 1 saturated heterocycles. The number of aromatic nitrogens is 2. The summed E-state index contributed by atoms with van der Waals surface area (Å²) in [6, 6.07) is 9.25. The molecule has 2 aliphatic heterocycles. The quantitative estimate of drug-likeness (QED) is 0.871. The molecule has 0 aliphatic carbocycles. The first kappa shape index (κ1) is 17.3. The zero-order chi connectivity index (χ0) is 19.0. The van der Waals surface area contributed by atoms with Gasteiger partial charge in [0.1, 0.15) is 5.78 Å². The number of urea groups is 1. The van der Waals surface area contributed by atoms with Gasteiger partial charge in [-0.25, -0.2) is 14.3 Å². The molecule has 2 aliphatic rings. The molecule has 1 aromatic heterocycles. The molecule has 140 valence electrons. The Morgan fingerprint density at radius 2 is 1.63 bits per heavy atom. The maximum Gasteiger partial charge on any atom is 0.356 e. The predicted octanol–water partition coefficient (Wildman–Crippen LogP) is 1.71. The summed E-state index contributed by atoms with van der Waals surface area (Å²) >= 11 is 0. The molecule has 0 bridgehead atoms. The molecule has 27 heavy (non-hydrogen) atoms. The summed E-state index contributed by atoms with van der Waals surface area (Å²) in [6.45, 7) is 1.56. The van der Waals surface area contributed by atoms with Crippen LogP contribution in [0.4, 0.5) is 4.79 Å². The highest BCUT2D eigenvalue weighted by Gasteiger charge is 2.33. The molecule has 2 amide bonds. The van der Waals surface area contributed by atoms with Crippen molar-refractivity contribution < 1.29 is 19.5 Å². The zero-order valence-corrected chi connectivity index (χ0v) is 14.8. The summed E-state index contributed by atoms with van der Waals surface area (Å²) in [7, 11) is 0. The number of fused-ring (bicyclic) bond motifs is 1. The van der Waals surface area contributed by atoms with Crippen molar-refractivity contribution in [2.45, 2.75) is 25.8 Å². The van der Waals surface area contributed by atoms with Crippen molar-refractivity contribution in [1.82, 2.24) is 19.6 Å². The summed E-state index contributed by atoms with van der Waals surface area (Å²) in [4.78, 5) is 39.2. The fraction of sp³-hybridized carbons (Fsp3) is 0.368. The average Bonchev–Trinajstić information content (AvgIpc) is 3.08. The number of carboxylic acid groups (broad SMARTS) is 1. The molecule has 0 unspecified atom stereocenters. The number of para-hydroxylation sites is 1. The van der Waals surface area contributed by atoms with Crippen molar-refractivity contribution in [3.05, 3.63) is 47.3 Å². The van der Waals surface area contributed by atoms with Crippen LogP contribution in [0.3, 0.4) is 0 Å². The fourth-order valence-electron chi connectivity index (χ4n) is 3.68. The van der Waals surface area contributed by atoms with Gasteiger partial charge in [-0.2, -0.15) is 5.10 Å². The van der Waals surface area contributed by atoms with Crippen LogP contribution in [0.5, 0.6) is 0 Å². The number of carboxylic acids is 1. The van der Waals surface area contributed by atoms with Crippen LogP contribution in [0, 0.1) is 0 Å². The van der Waals surface area contributed by atoms with E-state index < -0.39 is 5.97 Å². The molecule has 1 aromatic carbocycles. The molecule has 2 aromatic rings. The van der Waals surface area contributed by atoms with E-state index in [9.17, 15) is 19.5 Å². The van der Waals surface area contributed by atoms with Crippen LogP contribution in [-0.2, 0) is 17.8 Å². The lowest BCUT2D eigenvalue weighted by Gasteiger charge is -2.34. The van der Waals surface area contributed by atoms with Crippen LogP contribution in [0.25, 0.3) is 5.69 Å². The summed E-state index contributed by atoms with van der Waals surface area (Å²) in [5.74, 6) is -0.920. The first-order valence-corrected chi connectivity index (χ1v) is 8.99. The van der Waals surface area contributed by atoms with Crippen LogP contribution in [0.2, 0.25) is 0 Å². The van der Waals surface area contributed by atoms with Gasteiger partial charge in [-0.3, -0.25) is 4.79 Å². The summed E-state index contributed by atoms with van der Waals surface area (Å²) in [5, 5.41) is 13.9. The number of Topliss-reactive ketones (excluding diaryl/α,β-unsaturated/α-hetero) is 1. The molecule has 1 N–H and O–H groups in total. The smallest absolute Gasteiger partial charge is 0.356 e. The molecule has 1 fully saturated rings. The minimum Gasteiger partial charge on any atom is -0.476 e. The summed E-state index contributed by atoms with van der Waals surface area (Å²) in [6.07, 6.45) is 1.30. The number of carbonyl (C=O) groups is 3. The van der Waals surface area contributed by atoms with Crippen molar-refractivity contribution in [2.24, 2.45) is 0 Å². The lowest BCUT2D eigenvalue weighted by molar-refractivity contribution is -0.121. The highest BCUT2D eigenvalue weighted by Crippen LogP contribution is 2.26. The van der Waals surface area contributed by atoms with Crippen LogP contribution in [-0.4, -0.2) is 62.1 Å². The van der Waals surface area contributed by atoms with Crippen molar-refractivity contribution >= 4 is 17.8 Å². The van der Waals surface area contributed by atoms with Gasteiger partial charge in [0.2, 0.25) is 0 Å². The summed E-state index contributed by atoms with van der Waals surface area (Å²) in [5.41, 5.74) is 2.20. The molecular formula is C19H20N4O4. The molecule has 0 radical (unpaired) electrons. The second kappa shape index (κ2) is 6.86. The van der Waals surface area contributed by atoms with E-state index in [2.05, 4.69) is 5.10 Å². The van der Waals surface area contributed by atoms with E-state index in [-0.39, 0.29) is 24.1 Å². The molecule has 3 heterocycles. The van der Waals surface area contributed by atoms with Gasteiger partial charge in [0.25, 0.3) is 0 Å². The lowest BCUT2D eigenvalue weighted by Crippen LogP contribution is -2.48. The Morgan fingerprint density at radius 3 is 2.30 bits per heavy atom. The van der Waals surface area contributed by atoms with Gasteiger partial charge >= 0.3 is 12.0 Å². The van der Waals surface area contributed by atoms with Gasteiger partial charge in [0, 0.05) is 44.5 Å². The Kier molecular flexibility index (Phi) is 4.39. The van der Waals surface area contributed by atoms with E-state index in [1.807, 2.05) is 30.3 Å². The Bertz CT molecular complexity index is 896. The van der Waals surface area contributed by atoms with Crippen LogP contribution < -0.4 is 0 Å². The third-order valence-electron chi connectivity index (χ3n) is 5.12. The molecular weight excluding hydrogens is 348 g/mol. The van der Waals surface area contributed by atoms with Gasteiger partial charge in [0.05, 0.1) is 17.9 Å². The van der Waals surface area contributed by atoms with Gasteiger partial charge < -0.3 is 14.9 Å². The van der Waals surface area contributed by atoms with E-state index >= 15 is 0 Å². The fourth-order valence-corrected chi connectivity index (χ4v) is 3.68. The van der Waals surface area contributed by atoms with Crippen LogP contribution in [0.1, 0.15) is 34.6 Å². The van der Waals surface area contributed by atoms with Gasteiger partial charge in [-0.05, 0) is 12.1 Å². The number of carbonyl (C=O) groups excluding carboxylic acids is 2. The number of nitrogens with zero attached hydrogens (tertiary/aromatic N) is 4. The zero-order valence-electron chi connectivity index (χ0n) is 14.8. The Balaban J connectivity index is 1.62. The van der Waals surface area contributed by atoms with Crippen molar-refractivity contribution in [2.75, 3.05) is 19.6 Å². The van der Waals surface area contributed by atoms with Gasteiger partial charge in [-0.1, -0.05) is 18.2 Å². The average molecular weight is 368 g/mol. The predicted molar refractivity (Wildman–Crippen MR) is 95.8 cm³/mol. The van der Waals surface area contributed by atoms with E-state index in [0.29, 0.717) is 44.5 Å². The highest BCUT2D eigenvalue weighted by atomic mass is 16.4. The van der Waals surface area contributed by atoms with Crippen molar-refractivity contribution in [1.29, 1.82) is 0 Å². The summed E-state index contributed by atoms with van der Waals surface area (Å²) < 4.78 is 1.67. The standard InChI is InChI=1S/C19H20N4O4/c24-14-6-9-21(10-7-14)19(27)22-11-8-16-15(12-22)17(18(25)26)20-23(16)13-4-2-1-3-5-13/h1-5H,6-12H2,(H,25,26). The Labute approximate surface area is 156 Å². The maximum atomic E-state index is 12.8. The SMILES string of the molecule is O=C1CCN(C(=O)N2CCc3c(c(C(=O)O)nn3-c3ccccc3)C2)CC1. The minimum absolute atomic E-state index is 0.0137. The molecule has 0 atom stereocenters. The first-order chi connectivity index (χ1) is 13.0. The molecule has 8 heteroatoms. The number of hydrogen-bond acceptors (Lipinski definition) is 4. The third-order valence-corrected chi connectivity index (χ3v) is 5.12. The van der Waals surface area contributed by atoms with Crippen LogP contribution in [0.15, 0.2) is 30.3 Å². The van der Waals surface area contributed by atoms with Crippen molar-refractivity contribution in [3.8, 4) is 5.69 Å². The van der Waals surface area contributed by atoms with E-state index in [0.717, 1.165) is 11.4 Å². The number of aromatic carboxylic acids is 1. The number of hydrogen-bond donors (Lipinski definition) is 1. The van der Waals surface area contributed by atoms with E-state index in [1.54, 1.807) is 14.5 Å². The van der Waals surface area contributed by atoms with E-state index in [4.69, 9.17) is 0 Å². The van der Waals surface area contributed by atoms with Gasteiger partial charge in [-0.15, -0.1) is 0 Å². The number of rotatable bonds is 2. The maximum absolute atomic E-state index is 12.8. The Morgan fingerprint density at radius 1 is 0.963 bits per heavy atom. The minimum atomic E-state index is -1.10. The number of benzene rings is 1. The number of likely N-dealkylation sites (tertiary alicyclic amines) is 1. The van der Waals surface area contributed by atoms with Gasteiger partial charge in [0.15, 0.2) is 5.69 Å². The molecule has 0 spiro atoms. The number of amides is 2. The van der Waals surface area contributed by atoms with Crippen molar-refractivity contribution in [3.63, 3.8) is 0 Å².